The van der Waals surface area contributed by atoms with Crippen LogP contribution < -0.4 is 4.90 Å². The zero-order valence-corrected chi connectivity index (χ0v) is 19.0. The summed E-state index contributed by atoms with van der Waals surface area (Å²) in [5, 5.41) is 9.94. The van der Waals surface area contributed by atoms with Gasteiger partial charge in [0.2, 0.25) is 5.91 Å². The van der Waals surface area contributed by atoms with Gasteiger partial charge in [0.25, 0.3) is 0 Å². The Labute approximate surface area is 183 Å². The number of hydrogen-bond acceptors (Lipinski definition) is 4. The second-order valence-electron chi connectivity index (χ2n) is 8.28. The number of unbranched alkanes of at least 4 members (excludes halogenated alkanes) is 1. The lowest BCUT2D eigenvalue weighted by Gasteiger charge is -2.38. The zero-order valence-electron chi connectivity index (χ0n) is 18.1. The monoisotopic (exact) mass is 428 g/mol. The van der Waals surface area contributed by atoms with E-state index in [-0.39, 0.29) is 22.7 Å². The predicted octanol–water partition coefficient (Wildman–Crippen LogP) is 5.37. The largest absolute Gasteiger partial charge is 0.477 e. The maximum atomic E-state index is 13.6. The van der Waals surface area contributed by atoms with Gasteiger partial charge >= 0.3 is 5.97 Å². The lowest BCUT2D eigenvalue weighted by atomic mass is 9.97. The van der Waals surface area contributed by atoms with Gasteiger partial charge < -0.3 is 14.9 Å². The van der Waals surface area contributed by atoms with Crippen molar-refractivity contribution in [1.82, 2.24) is 4.90 Å². The van der Waals surface area contributed by atoms with E-state index in [1.807, 2.05) is 48.2 Å². The molecule has 162 valence electrons. The van der Waals surface area contributed by atoms with E-state index in [0.29, 0.717) is 5.69 Å². The summed E-state index contributed by atoms with van der Waals surface area (Å²) in [6.07, 6.45) is 4.59. The Bertz CT molecular complexity index is 857. The van der Waals surface area contributed by atoms with Crippen molar-refractivity contribution in [3.63, 3.8) is 0 Å². The van der Waals surface area contributed by atoms with E-state index in [4.69, 9.17) is 0 Å². The molecule has 0 radical (unpaired) electrons. The number of carboxylic acids is 1. The predicted molar refractivity (Wildman–Crippen MR) is 123 cm³/mol. The van der Waals surface area contributed by atoms with Gasteiger partial charge in [-0.1, -0.05) is 57.0 Å². The van der Waals surface area contributed by atoms with Crippen molar-refractivity contribution < 1.29 is 14.7 Å². The molecule has 6 heteroatoms. The molecule has 2 heterocycles. The molecule has 0 spiro atoms. The Balaban J connectivity index is 2.02. The SMILES string of the molecule is CCCCC(C)C(=O)N(c1cc(-c2ccccc2)sc1C(=O)O)C1CCN(C)CC1. The maximum Gasteiger partial charge on any atom is 0.348 e. The van der Waals surface area contributed by atoms with Crippen LogP contribution in [0.25, 0.3) is 10.4 Å². The van der Waals surface area contributed by atoms with Crippen LogP contribution in [0.5, 0.6) is 0 Å². The van der Waals surface area contributed by atoms with Gasteiger partial charge in [0.15, 0.2) is 0 Å². The van der Waals surface area contributed by atoms with Crippen LogP contribution in [0.1, 0.15) is 55.6 Å². The number of carbonyl (C=O) groups excluding carboxylic acids is 1. The van der Waals surface area contributed by atoms with E-state index in [9.17, 15) is 14.7 Å². The molecule has 1 aromatic carbocycles. The molecule has 1 aliphatic rings. The van der Waals surface area contributed by atoms with Gasteiger partial charge in [-0.2, -0.15) is 0 Å². The Morgan fingerprint density at radius 2 is 1.90 bits per heavy atom. The fourth-order valence-electron chi connectivity index (χ4n) is 4.08. The third kappa shape index (κ3) is 5.10. The van der Waals surface area contributed by atoms with E-state index in [1.54, 1.807) is 0 Å². The minimum atomic E-state index is -0.968. The standard InChI is InChI=1S/C24H32N2O3S/c1-4-5-9-17(2)23(27)26(19-12-14-25(3)15-13-19)20-16-21(30-22(20)24(28)29)18-10-7-6-8-11-18/h6-8,10-11,16-17,19H,4-5,9,12-15H2,1-3H3,(H,28,29). The smallest absolute Gasteiger partial charge is 0.348 e. The number of nitrogens with zero attached hydrogens (tertiary/aromatic N) is 2. The summed E-state index contributed by atoms with van der Waals surface area (Å²) in [7, 11) is 2.09. The molecule has 1 aliphatic heterocycles. The molecule has 0 aliphatic carbocycles. The number of piperidine rings is 1. The number of thiophene rings is 1. The van der Waals surface area contributed by atoms with Gasteiger partial charge in [0.1, 0.15) is 4.88 Å². The normalized spacial score (nSPS) is 16.4. The maximum absolute atomic E-state index is 13.6. The molecule has 1 fully saturated rings. The Morgan fingerprint density at radius 1 is 1.23 bits per heavy atom. The summed E-state index contributed by atoms with van der Waals surface area (Å²) in [4.78, 5) is 30.9. The number of anilines is 1. The lowest BCUT2D eigenvalue weighted by molar-refractivity contribution is -0.122. The van der Waals surface area contributed by atoms with Crippen LogP contribution in [0.4, 0.5) is 5.69 Å². The molecule has 1 N–H and O–H groups in total. The van der Waals surface area contributed by atoms with Crippen molar-refractivity contribution in [2.75, 3.05) is 25.0 Å². The molecule has 1 aromatic heterocycles. The number of benzene rings is 1. The molecule has 0 bridgehead atoms. The average molecular weight is 429 g/mol. The highest BCUT2D eigenvalue weighted by atomic mass is 32.1. The highest BCUT2D eigenvalue weighted by Gasteiger charge is 2.34. The topological polar surface area (TPSA) is 60.9 Å². The van der Waals surface area contributed by atoms with Crippen LogP contribution in [0, 0.1) is 5.92 Å². The third-order valence-electron chi connectivity index (χ3n) is 5.93. The lowest BCUT2D eigenvalue weighted by Crippen LogP contribution is -2.48. The molecule has 2 aromatic rings. The van der Waals surface area contributed by atoms with Crippen molar-refractivity contribution in [1.29, 1.82) is 0 Å². The first-order valence-corrected chi connectivity index (χ1v) is 11.7. The fourth-order valence-corrected chi connectivity index (χ4v) is 5.07. The Kier molecular flexibility index (Phi) is 7.67. The Hall–Kier alpha value is -2.18. The van der Waals surface area contributed by atoms with E-state index < -0.39 is 5.97 Å². The van der Waals surface area contributed by atoms with Crippen molar-refractivity contribution in [2.45, 2.75) is 52.0 Å². The number of likely N-dealkylation sites (tertiary alicyclic amines) is 1. The second-order valence-corrected chi connectivity index (χ2v) is 9.33. The van der Waals surface area contributed by atoms with Gasteiger partial charge in [-0.15, -0.1) is 11.3 Å². The van der Waals surface area contributed by atoms with Gasteiger partial charge in [0.05, 0.1) is 5.69 Å². The van der Waals surface area contributed by atoms with Gasteiger partial charge in [-0.05, 0) is 51.0 Å². The summed E-state index contributed by atoms with van der Waals surface area (Å²) in [5.41, 5.74) is 1.54. The van der Waals surface area contributed by atoms with E-state index in [0.717, 1.165) is 55.6 Å². The molecule has 3 rings (SSSR count). The molecule has 30 heavy (non-hydrogen) atoms. The van der Waals surface area contributed by atoms with Crippen LogP contribution in [0.15, 0.2) is 36.4 Å². The molecule has 1 unspecified atom stereocenters. The first-order valence-electron chi connectivity index (χ1n) is 10.9. The number of amides is 1. The average Bonchev–Trinajstić information content (AvgIpc) is 3.19. The van der Waals surface area contributed by atoms with Crippen LogP contribution in [0.3, 0.4) is 0 Å². The summed E-state index contributed by atoms with van der Waals surface area (Å²) in [6.45, 7) is 5.93. The highest BCUT2D eigenvalue weighted by Crippen LogP contribution is 2.39. The van der Waals surface area contributed by atoms with Crippen LogP contribution >= 0.6 is 11.3 Å². The molecule has 0 saturated carbocycles. The minimum absolute atomic E-state index is 0.0362. The number of carbonyl (C=O) groups is 2. The van der Waals surface area contributed by atoms with E-state index in [1.165, 1.54) is 11.3 Å². The van der Waals surface area contributed by atoms with Crippen molar-refractivity contribution in [3.8, 4) is 10.4 Å². The Morgan fingerprint density at radius 3 is 2.50 bits per heavy atom. The molecule has 1 atom stereocenters. The van der Waals surface area contributed by atoms with Crippen LogP contribution in [-0.4, -0.2) is 48.1 Å². The summed E-state index contributed by atoms with van der Waals surface area (Å²) in [6, 6.07) is 11.7. The molecule has 1 amide bonds. The number of rotatable bonds is 8. The zero-order chi connectivity index (χ0) is 21.7. The number of aromatic carboxylic acids is 1. The van der Waals surface area contributed by atoms with Crippen molar-refractivity contribution in [3.05, 3.63) is 41.3 Å². The molecular formula is C24H32N2O3S. The first kappa shape index (κ1) is 22.5. The summed E-state index contributed by atoms with van der Waals surface area (Å²) >= 11 is 1.26. The molecule has 5 nitrogen and oxygen atoms in total. The molecule has 1 saturated heterocycles. The summed E-state index contributed by atoms with van der Waals surface area (Å²) < 4.78 is 0. The van der Waals surface area contributed by atoms with Gasteiger partial charge in [0, 0.05) is 16.8 Å². The van der Waals surface area contributed by atoms with Crippen molar-refractivity contribution >= 4 is 28.9 Å². The first-order chi connectivity index (χ1) is 14.4. The van der Waals surface area contributed by atoms with E-state index in [2.05, 4.69) is 18.9 Å². The van der Waals surface area contributed by atoms with Crippen LogP contribution in [-0.2, 0) is 4.79 Å². The highest BCUT2D eigenvalue weighted by molar-refractivity contribution is 7.18. The van der Waals surface area contributed by atoms with Crippen LogP contribution in [0.2, 0.25) is 0 Å². The number of carboxylic acid groups (broad SMARTS) is 1. The van der Waals surface area contributed by atoms with Gasteiger partial charge in [-0.25, -0.2) is 4.79 Å². The summed E-state index contributed by atoms with van der Waals surface area (Å²) in [5.74, 6) is -1.03. The number of hydrogen-bond donors (Lipinski definition) is 1. The van der Waals surface area contributed by atoms with E-state index >= 15 is 0 Å². The second kappa shape index (κ2) is 10.2. The van der Waals surface area contributed by atoms with Crippen molar-refractivity contribution in [2.24, 2.45) is 5.92 Å². The van der Waals surface area contributed by atoms with Gasteiger partial charge in [-0.3, -0.25) is 4.79 Å². The fraction of sp³-hybridized carbons (Fsp3) is 0.500. The quantitative estimate of drug-likeness (QED) is 0.614. The molecular weight excluding hydrogens is 396 g/mol. The minimum Gasteiger partial charge on any atom is -0.477 e. The third-order valence-corrected chi connectivity index (χ3v) is 7.09.